The van der Waals surface area contributed by atoms with Crippen molar-refractivity contribution in [2.45, 2.75) is 33.2 Å². The van der Waals surface area contributed by atoms with E-state index in [1.54, 1.807) is 19.9 Å². The number of pyridine rings is 1. The molecule has 1 heterocycles. The molecule has 0 aliphatic heterocycles. The van der Waals surface area contributed by atoms with Gasteiger partial charge in [-0.25, -0.2) is 4.98 Å². The van der Waals surface area contributed by atoms with Crippen molar-refractivity contribution >= 4 is 17.5 Å². The number of hydrogen-bond acceptors (Lipinski definition) is 5. The molecular formula is C12H17N3O4. The number of rotatable bonds is 6. The lowest BCUT2D eigenvalue weighted by Gasteiger charge is -2.28. The lowest BCUT2D eigenvalue weighted by molar-refractivity contribution is -0.385. The molecule has 1 unspecified atom stereocenters. The molecule has 104 valence electrons. The van der Waals surface area contributed by atoms with E-state index in [0.29, 0.717) is 18.1 Å². The Balaban J connectivity index is 3.02. The third-order valence-electron chi connectivity index (χ3n) is 2.88. The molecule has 0 radical (unpaired) electrons. The standard InChI is InChI=1S/C12H17N3O4/c1-4-14(8(2)7-12(16)17)11-6-5-10(15(18)19)9(3)13-11/h5-6,8H,4,7H2,1-3H3,(H,16,17). The highest BCUT2D eigenvalue weighted by Crippen LogP contribution is 2.22. The van der Waals surface area contributed by atoms with Crippen molar-refractivity contribution < 1.29 is 14.8 Å². The number of aryl methyl sites for hydroxylation is 1. The SMILES string of the molecule is CCN(c1ccc([N+](=O)[O-])c(C)n1)C(C)CC(=O)O. The Morgan fingerprint density at radius 3 is 2.63 bits per heavy atom. The highest BCUT2D eigenvalue weighted by molar-refractivity contribution is 5.68. The molecule has 1 aromatic rings. The summed E-state index contributed by atoms with van der Waals surface area (Å²) in [4.78, 5) is 27.0. The molecular weight excluding hydrogens is 250 g/mol. The van der Waals surface area contributed by atoms with Crippen LogP contribution in [0, 0.1) is 17.0 Å². The van der Waals surface area contributed by atoms with Gasteiger partial charge in [-0.2, -0.15) is 0 Å². The highest BCUT2D eigenvalue weighted by Gasteiger charge is 2.19. The summed E-state index contributed by atoms with van der Waals surface area (Å²) in [5.41, 5.74) is 0.286. The molecule has 0 aliphatic carbocycles. The molecule has 19 heavy (non-hydrogen) atoms. The smallest absolute Gasteiger partial charge is 0.305 e. The number of hydrogen-bond donors (Lipinski definition) is 1. The molecule has 1 aromatic heterocycles. The van der Waals surface area contributed by atoms with E-state index in [9.17, 15) is 14.9 Å². The molecule has 1 N–H and O–H groups in total. The van der Waals surface area contributed by atoms with Crippen molar-refractivity contribution in [1.29, 1.82) is 0 Å². The van der Waals surface area contributed by atoms with Gasteiger partial charge in [0.25, 0.3) is 5.69 Å². The summed E-state index contributed by atoms with van der Waals surface area (Å²) in [7, 11) is 0. The first kappa shape index (κ1) is 14.9. The second-order valence-electron chi connectivity index (χ2n) is 4.26. The first-order valence-electron chi connectivity index (χ1n) is 5.97. The Kier molecular flexibility index (Phi) is 4.80. The lowest BCUT2D eigenvalue weighted by atomic mass is 10.2. The van der Waals surface area contributed by atoms with Crippen LogP contribution < -0.4 is 4.90 Å². The monoisotopic (exact) mass is 267 g/mol. The molecule has 0 saturated heterocycles. The summed E-state index contributed by atoms with van der Waals surface area (Å²) in [6.45, 7) is 5.82. The minimum absolute atomic E-state index is 0.00838. The summed E-state index contributed by atoms with van der Waals surface area (Å²) in [6, 6.07) is 2.72. The van der Waals surface area contributed by atoms with Crippen LogP contribution in [0.4, 0.5) is 11.5 Å². The average molecular weight is 267 g/mol. The predicted molar refractivity (Wildman–Crippen MR) is 70.4 cm³/mol. The number of aromatic nitrogens is 1. The van der Waals surface area contributed by atoms with E-state index in [4.69, 9.17) is 5.11 Å². The van der Waals surface area contributed by atoms with Gasteiger partial charge >= 0.3 is 5.97 Å². The van der Waals surface area contributed by atoms with E-state index in [-0.39, 0.29) is 18.2 Å². The quantitative estimate of drug-likeness (QED) is 0.625. The van der Waals surface area contributed by atoms with Gasteiger partial charge in [0.2, 0.25) is 0 Å². The molecule has 0 fully saturated rings. The van der Waals surface area contributed by atoms with E-state index in [1.165, 1.54) is 6.07 Å². The molecule has 7 nitrogen and oxygen atoms in total. The number of nitro groups is 1. The maximum absolute atomic E-state index is 10.7. The van der Waals surface area contributed by atoms with Crippen LogP contribution in [0.5, 0.6) is 0 Å². The van der Waals surface area contributed by atoms with Crippen LogP contribution in [-0.4, -0.2) is 33.6 Å². The van der Waals surface area contributed by atoms with E-state index in [0.717, 1.165) is 0 Å². The topological polar surface area (TPSA) is 96.6 Å². The van der Waals surface area contributed by atoms with Gasteiger partial charge in [-0.1, -0.05) is 0 Å². The van der Waals surface area contributed by atoms with Crippen molar-refractivity contribution in [3.8, 4) is 0 Å². The highest BCUT2D eigenvalue weighted by atomic mass is 16.6. The first-order valence-corrected chi connectivity index (χ1v) is 5.97. The van der Waals surface area contributed by atoms with E-state index >= 15 is 0 Å². The number of anilines is 1. The summed E-state index contributed by atoms with van der Waals surface area (Å²) >= 11 is 0. The Hall–Kier alpha value is -2.18. The van der Waals surface area contributed by atoms with Crippen LogP contribution in [0.15, 0.2) is 12.1 Å². The second kappa shape index (κ2) is 6.12. The average Bonchev–Trinajstić information content (AvgIpc) is 2.28. The van der Waals surface area contributed by atoms with Gasteiger partial charge in [-0.15, -0.1) is 0 Å². The van der Waals surface area contributed by atoms with Crippen molar-refractivity contribution in [2.75, 3.05) is 11.4 Å². The summed E-state index contributed by atoms with van der Waals surface area (Å²) in [6.07, 6.45) is -0.00838. The first-order chi connectivity index (χ1) is 8.86. The van der Waals surface area contributed by atoms with Gasteiger partial charge in [-0.05, 0) is 26.8 Å². The number of carboxylic acid groups (broad SMARTS) is 1. The van der Waals surface area contributed by atoms with Gasteiger partial charge in [0.1, 0.15) is 11.5 Å². The fourth-order valence-electron chi connectivity index (χ4n) is 1.96. The predicted octanol–water partition coefficient (Wildman–Crippen LogP) is 1.99. The minimum atomic E-state index is -0.885. The maximum Gasteiger partial charge on any atom is 0.305 e. The van der Waals surface area contributed by atoms with Crippen molar-refractivity contribution in [2.24, 2.45) is 0 Å². The Morgan fingerprint density at radius 2 is 2.21 bits per heavy atom. The Morgan fingerprint density at radius 1 is 1.58 bits per heavy atom. The molecule has 0 saturated carbocycles. The molecule has 1 rings (SSSR count). The summed E-state index contributed by atoms with van der Waals surface area (Å²) < 4.78 is 0. The van der Waals surface area contributed by atoms with Crippen LogP contribution in [0.25, 0.3) is 0 Å². The molecule has 0 aliphatic rings. The molecule has 7 heteroatoms. The van der Waals surface area contributed by atoms with E-state index in [2.05, 4.69) is 4.98 Å². The van der Waals surface area contributed by atoms with Crippen molar-refractivity contribution in [1.82, 2.24) is 4.98 Å². The number of carboxylic acids is 1. The van der Waals surface area contributed by atoms with Crippen molar-refractivity contribution in [3.63, 3.8) is 0 Å². The van der Waals surface area contributed by atoms with Crippen LogP contribution >= 0.6 is 0 Å². The summed E-state index contributed by atoms with van der Waals surface area (Å²) in [5, 5.41) is 19.5. The number of aliphatic carboxylic acids is 1. The second-order valence-corrected chi connectivity index (χ2v) is 4.26. The van der Waals surface area contributed by atoms with E-state index in [1.807, 2.05) is 11.8 Å². The van der Waals surface area contributed by atoms with Crippen molar-refractivity contribution in [3.05, 3.63) is 27.9 Å². The molecule has 0 aromatic carbocycles. The van der Waals surface area contributed by atoms with Crippen LogP contribution in [0.1, 0.15) is 26.0 Å². The molecule has 0 spiro atoms. The molecule has 0 bridgehead atoms. The molecule has 0 amide bonds. The number of carbonyl (C=O) groups is 1. The van der Waals surface area contributed by atoms with Gasteiger partial charge < -0.3 is 10.0 Å². The largest absolute Gasteiger partial charge is 0.481 e. The lowest BCUT2D eigenvalue weighted by Crippen LogP contribution is -2.35. The maximum atomic E-state index is 10.7. The van der Waals surface area contributed by atoms with Gasteiger partial charge in [0.15, 0.2) is 0 Å². The third kappa shape index (κ3) is 3.64. The zero-order valence-electron chi connectivity index (χ0n) is 11.2. The number of nitrogens with zero attached hydrogens (tertiary/aromatic N) is 3. The fraction of sp³-hybridized carbons (Fsp3) is 0.500. The van der Waals surface area contributed by atoms with Gasteiger partial charge in [-0.3, -0.25) is 14.9 Å². The Labute approximate surface area is 111 Å². The van der Waals surface area contributed by atoms with Gasteiger partial charge in [0.05, 0.1) is 11.3 Å². The zero-order valence-corrected chi connectivity index (χ0v) is 11.2. The third-order valence-corrected chi connectivity index (χ3v) is 2.88. The van der Waals surface area contributed by atoms with Crippen LogP contribution in [0.2, 0.25) is 0 Å². The van der Waals surface area contributed by atoms with Crippen LogP contribution in [-0.2, 0) is 4.79 Å². The fourth-order valence-corrected chi connectivity index (χ4v) is 1.96. The zero-order chi connectivity index (χ0) is 14.6. The van der Waals surface area contributed by atoms with E-state index < -0.39 is 10.9 Å². The van der Waals surface area contributed by atoms with Crippen LogP contribution in [0.3, 0.4) is 0 Å². The summed E-state index contributed by atoms with van der Waals surface area (Å²) in [5.74, 6) is -0.330. The normalized spacial score (nSPS) is 11.9. The molecule has 1 atom stereocenters. The minimum Gasteiger partial charge on any atom is -0.481 e. The Bertz CT molecular complexity index is 490. The van der Waals surface area contributed by atoms with Gasteiger partial charge in [0, 0.05) is 18.7 Å².